The Bertz CT molecular complexity index is 637. The van der Waals surface area contributed by atoms with Gasteiger partial charge in [-0.1, -0.05) is 27.7 Å². The fraction of sp³-hybridized carbons (Fsp3) is 0.688. The third kappa shape index (κ3) is 3.38. The summed E-state index contributed by atoms with van der Waals surface area (Å²) in [5.74, 6) is 2.11. The molecular formula is C16H25N5S. The Hall–Kier alpha value is -1.27. The van der Waals surface area contributed by atoms with E-state index in [-0.39, 0.29) is 5.41 Å². The molecular weight excluding hydrogens is 294 g/mol. The zero-order valence-corrected chi connectivity index (χ0v) is 14.7. The highest BCUT2D eigenvalue weighted by Crippen LogP contribution is 2.26. The van der Waals surface area contributed by atoms with Crippen LogP contribution in [0.2, 0.25) is 0 Å². The molecule has 0 aliphatic carbocycles. The number of aromatic nitrogens is 4. The Morgan fingerprint density at radius 2 is 2.23 bits per heavy atom. The number of nitrogens with zero attached hydrogens (tertiary/aromatic N) is 4. The topological polar surface area (TPSA) is 55.6 Å². The minimum atomic E-state index is 0.139. The number of aryl methyl sites for hydroxylation is 2. The van der Waals surface area contributed by atoms with Crippen molar-refractivity contribution >= 4 is 11.3 Å². The fourth-order valence-corrected chi connectivity index (χ4v) is 3.58. The number of fused-ring (bicyclic) bond motifs is 1. The first-order chi connectivity index (χ1) is 10.5. The highest BCUT2D eigenvalue weighted by Gasteiger charge is 2.22. The SMILES string of the molecule is CCc1nc2n(n1)C[C@H](NCc1cnc(C(C)(C)C)s1)CC2. The van der Waals surface area contributed by atoms with Crippen LogP contribution in [0.3, 0.4) is 0 Å². The normalized spacial score (nSPS) is 18.5. The summed E-state index contributed by atoms with van der Waals surface area (Å²) in [5, 5.41) is 9.43. The van der Waals surface area contributed by atoms with Crippen LogP contribution in [-0.2, 0) is 31.3 Å². The van der Waals surface area contributed by atoms with Crippen LogP contribution in [0.4, 0.5) is 0 Å². The number of thiazole rings is 1. The van der Waals surface area contributed by atoms with Gasteiger partial charge in [0.2, 0.25) is 0 Å². The van der Waals surface area contributed by atoms with Gasteiger partial charge in [-0.2, -0.15) is 5.10 Å². The maximum absolute atomic E-state index is 4.57. The first-order valence-corrected chi connectivity index (χ1v) is 8.88. The molecule has 6 heteroatoms. The van der Waals surface area contributed by atoms with E-state index < -0.39 is 0 Å². The summed E-state index contributed by atoms with van der Waals surface area (Å²) in [4.78, 5) is 10.4. The first-order valence-electron chi connectivity index (χ1n) is 8.07. The van der Waals surface area contributed by atoms with Crippen molar-refractivity contribution in [3.05, 3.63) is 27.7 Å². The summed E-state index contributed by atoms with van der Waals surface area (Å²) in [5.41, 5.74) is 0.139. The van der Waals surface area contributed by atoms with Crippen LogP contribution in [0.25, 0.3) is 0 Å². The van der Waals surface area contributed by atoms with Gasteiger partial charge in [0.25, 0.3) is 0 Å². The summed E-state index contributed by atoms with van der Waals surface area (Å²) in [6.45, 7) is 10.6. The third-order valence-corrected chi connectivity index (χ3v) is 5.40. The zero-order chi connectivity index (χ0) is 15.7. The number of hydrogen-bond acceptors (Lipinski definition) is 5. The summed E-state index contributed by atoms with van der Waals surface area (Å²) in [6, 6.07) is 0.471. The van der Waals surface area contributed by atoms with Crippen molar-refractivity contribution < 1.29 is 0 Å². The molecule has 0 radical (unpaired) electrons. The summed E-state index contributed by atoms with van der Waals surface area (Å²) < 4.78 is 2.08. The van der Waals surface area contributed by atoms with Crippen LogP contribution in [0.15, 0.2) is 6.20 Å². The molecule has 3 rings (SSSR count). The van der Waals surface area contributed by atoms with E-state index in [1.807, 2.05) is 17.5 Å². The molecule has 2 aromatic rings. The second-order valence-electron chi connectivity index (χ2n) is 6.98. The second kappa shape index (κ2) is 6.08. The number of rotatable bonds is 4. The van der Waals surface area contributed by atoms with Crippen molar-refractivity contribution in [2.75, 3.05) is 0 Å². The highest BCUT2D eigenvalue weighted by atomic mass is 32.1. The molecule has 0 spiro atoms. The van der Waals surface area contributed by atoms with Crippen LogP contribution in [0, 0.1) is 0 Å². The fourth-order valence-electron chi connectivity index (χ4n) is 2.66. The van der Waals surface area contributed by atoms with Crippen molar-refractivity contribution in [2.24, 2.45) is 0 Å². The molecule has 0 fully saturated rings. The molecule has 1 aliphatic heterocycles. The standard InChI is InChI=1S/C16H25N5S/c1-5-13-19-14-7-6-11(10-21(14)20-13)17-8-12-9-18-15(22-12)16(2,3)4/h9,11,17H,5-8,10H2,1-4H3/t11-/m1/s1. The maximum atomic E-state index is 4.57. The average Bonchev–Trinajstić information content (AvgIpc) is 3.10. The second-order valence-corrected chi connectivity index (χ2v) is 8.09. The Kier molecular flexibility index (Phi) is 4.32. The van der Waals surface area contributed by atoms with Gasteiger partial charge in [0.15, 0.2) is 5.82 Å². The summed E-state index contributed by atoms with van der Waals surface area (Å²) in [6.07, 6.45) is 5.07. The van der Waals surface area contributed by atoms with Gasteiger partial charge >= 0.3 is 0 Å². The van der Waals surface area contributed by atoms with Crippen molar-refractivity contribution in [3.8, 4) is 0 Å². The maximum Gasteiger partial charge on any atom is 0.150 e. The quantitative estimate of drug-likeness (QED) is 0.941. The minimum absolute atomic E-state index is 0.139. The minimum Gasteiger partial charge on any atom is -0.307 e. The lowest BCUT2D eigenvalue weighted by Crippen LogP contribution is -2.37. The molecule has 1 aliphatic rings. The van der Waals surface area contributed by atoms with E-state index in [4.69, 9.17) is 0 Å². The molecule has 22 heavy (non-hydrogen) atoms. The lowest BCUT2D eigenvalue weighted by Gasteiger charge is -2.23. The van der Waals surface area contributed by atoms with Gasteiger partial charge in [-0.15, -0.1) is 11.3 Å². The van der Waals surface area contributed by atoms with Gasteiger partial charge in [-0.25, -0.2) is 14.6 Å². The molecule has 1 atom stereocenters. The predicted molar refractivity (Wildman–Crippen MR) is 89.2 cm³/mol. The Labute approximate surface area is 136 Å². The molecule has 0 aromatic carbocycles. The van der Waals surface area contributed by atoms with Gasteiger partial charge in [0, 0.05) is 41.9 Å². The van der Waals surface area contributed by atoms with Crippen molar-refractivity contribution in [1.82, 2.24) is 25.1 Å². The largest absolute Gasteiger partial charge is 0.307 e. The molecule has 120 valence electrons. The van der Waals surface area contributed by atoms with E-state index >= 15 is 0 Å². The number of hydrogen-bond donors (Lipinski definition) is 1. The van der Waals surface area contributed by atoms with Crippen LogP contribution in [0.5, 0.6) is 0 Å². The lowest BCUT2D eigenvalue weighted by atomic mass is 9.98. The molecule has 1 N–H and O–H groups in total. The molecule has 0 amide bonds. The van der Waals surface area contributed by atoms with E-state index in [1.54, 1.807) is 0 Å². The van der Waals surface area contributed by atoms with Gasteiger partial charge in [0.1, 0.15) is 5.82 Å². The van der Waals surface area contributed by atoms with E-state index in [9.17, 15) is 0 Å². The Balaban J connectivity index is 1.57. The molecule has 0 bridgehead atoms. The van der Waals surface area contributed by atoms with Crippen molar-refractivity contribution in [1.29, 1.82) is 0 Å². The smallest absolute Gasteiger partial charge is 0.150 e. The van der Waals surface area contributed by atoms with Gasteiger partial charge in [-0.05, 0) is 6.42 Å². The van der Waals surface area contributed by atoms with E-state index in [0.717, 1.165) is 44.0 Å². The molecule has 0 saturated heterocycles. The number of nitrogens with one attached hydrogen (secondary N) is 1. The lowest BCUT2D eigenvalue weighted by molar-refractivity contribution is 0.358. The van der Waals surface area contributed by atoms with Gasteiger partial charge < -0.3 is 5.32 Å². The summed E-state index contributed by atoms with van der Waals surface area (Å²) >= 11 is 1.81. The first kappa shape index (κ1) is 15.6. The Morgan fingerprint density at radius 1 is 1.41 bits per heavy atom. The molecule has 2 aromatic heterocycles. The van der Waals surface area contributed by atoms with Crippen LogP contribution < -0.4 is 5.32 Å². The molecule has 0 unspecified atom stereocenters. The van der Waals surface area contributed by atoms with Gasteiger partial charge in [-0.3, -0.25) is 0 Å². The van der Waals surface area contributed by atoms with Gasteiger partial charge in [0.05, 0.1) is 11.6 Å². The van der Waals surface area contributed by atoms with E-state index in [2.05, 4.69) is 52.8 Å². The van der Waals surface area contributed by atoms with E-state index in [0.29, 0.717) is 6.04 Å². The zero-order valence-electron chi connectivity index (χ0n) is 13.9. The molecule has 3 heterocycles. The van der Waals surface area contributed by atoms with Crippen LogP contribution in [0.1, 0.15) is 55.6 Å². The Morgan fingerprint density at radius 3 is 2.91 bits per heavy atom. The third-order valence-electron chi connectivity index (χ3n) is 3.98. The van der Waals surface area contributed by atoms with Crippen LogP contribution >= 0.6 is 11.3 Å². The van der Waals surface area contributed by atoms with Crippen LogP contribution in [-0.4, -0.2) is 25.8 Å². The predicted octanol–water partition coefficient (Wildman–Crippen LogP) is 2.70. The van der Waals surface area contributed by atoms with Crippen molar-refractivity contribution in [2.45, 2.75) is 71.5 Å². The summed E-state index contributed by atoms with van der Waals surface area (Å²) in [7, 11) is 0. The molecule has 0 saturated carbocycles. The molecule has 5 nitrogen and oxygen atoms in total. The average molecular weight is 319 g/mol. The van der Waals surface area contributed by atoms with E-state index in [1.165, 1.54) is 9.88 Å². The highest BCUT2D eigenvalue weighted by molar-refractivity contribution is 7.11. The monoisotopic (exact) mass is 319 g/mol. The van der Waals surface area contributed by atoms with Crippen molar-refractivity contribution in [3.63, 3.8) is 0 Å².